The Labute approximate surface area is 114 Å². The Morgan fingerprint density at radius 1 is 1.47 bits per heavy atom. The minimum atomic E-state index is -0.610. The zero-order valence-electron chi connectivity index (χ0n) is 12.1. The predicted molar refractivity (Wildman–Crippen MR) is 71.3 cm³/mol. The number of nitriles is 1. The van der Waals surface area contributed by atoms with Crippen LogP contribution in [0, 0.1) is 11.3 Å². The first kappa shape index (κ1) is 17.2. The van der Waals surface area contributed by atoms with Gasteiger partial charge in [-0.15, -0.1) is 0 Å². The summed E-state index contributed by atoms with van der Waals surface area (Å²) in [4.78, 5) is 24.4. The van der Waals surface area contributed by atoms with Gasteiger partial charge in [-0.2, -0.15) is 5.26 Å². The summed E-state index contributed by atoms with van der Waals surface area (Å²) >= 11 is 0. The number of hydrogen-bond acceptors (Lipinski definition) is 4. The summed E-state index contributed by atoms with van der Waals surface area (Å²) in [6, 6.07) is 1.72. The van der Waals surface area contributed by atoms with Crippen molar-refractivity contribution in [3.63, 3.8) is 0 Å². The smallest absolute Gasteiger partial charge is 0.407 e. The molecular formula is C13H23N3O3. The maximum Gasteiger partial charge on any atom is 0.407 e. The highest BCUT2D eigenvalue weighted by atomic mass is 16.6. The van der Waals surface area contributed by atoms with Crippen LogP contribution in [0.25, 0.3) is 0 Å². The molecule has 0 spiro atoms. The standard InChI is InChI=1S/C11H17N3O3.C2H6/c1-8(2)17-11(16)13-7-10(15)14-5-3-4-9(14)6-12;1-2/h8-9H,3-5,7H2,1-2H3,(H,13,16);1-2H3. The van der Waals surface area contributed by atoms with E-state index in [1.165, 1.54) is 4.90 Å². The maximum absolute atomic E-state index is 11.7. The van der Waals surface area contributed by atoms with Gasteiger partial charge < -0.3 is 15.0 Å². The van der Waals surface area contributed by atoms with Crippen molar-refractivity contribution in [1.82, 2.24) is 10.2 Å². The summed E-state index contributed by atoms with van der Waals surface area (Å²) in [6.45, 7) is 7.92. The van der Waals surface area contributed by atoms with Crippen LogP contribution in [-0.2, 0) is 9.53 Å². The monoisotopic (exact) mass is 269 g/mol. The molecule has 1 aliphatic rings. The van der Waals surface area contributed by atoms with Crippen molar-refractivity contribution in [1.29, 1.82) is 5.26 Å². The first-order chi connectivity index (χ1) is 9.04. The lowest BCUT2D eigenvalue weighted by Gasteiger charge is -2.19. The number of likely N-dealkylation sites (tertiary alicyclic amines) is 1. The molecule has 1 heterocycles. The first-order valence-corrected chi connectivity index (χ1v) is 6.68. The molecule has 1 aliphatic heterocycles. The second kappa shape index (κ2) is 9.20. The summed E-state index contributed by atoms with van der Waals surface area (Å²) in [6.07, 6.45) is 0.712. The van der Waals surface area contributed by atoms with Gasteiger partial charge >= 0.3 is 6.09 Å². The van der Waals surface area contributed by atoms with Crippen molar-refractivity contribution >= 4 is 12.0 Å². The van der Waals surface area contributed by atoms with Crippen LogP contribution in [0.4, 0.5) is 4.79 Å². The molecule has 0 aromatic carbocycles. The number of rotatable bonds is 3. The highest BCUT2D eigenvalue weighted by Gasteiger charge is 2.28. The first-order valence-electron chi connectivity index (χ1n) is 6.68. The molecular weight excluding hydrogens is 246 g/mol. The van der Waals surface area contributed by atoms with Crippen LogP contribution in [-0.4, -0.2) is 42.1 Å². The summed E-state index contributed by atoms with van der Waals surface area (Å²) in [5.74, 6) is -0.241. The topological polar surface area (TPSA) is 82.4 Å². The second-order valence-electron chi connectivity index (χ2n) is 4.18. The van der Waals surface area contributed by atoms with Gasteiger partial charge in [0.25, 0.3) is 0 Å². The highest BCUT2D eigenvalue weighted by molar-refractivity contribution is 5.83. The van der Waals surface area contributed by atoms with Crippen LogP contribution in [0.1, 0.15) is 40.5 Å². The Kier molecular flexibility index (Phi) is 8.34. The SMILES string of the molecule is CC.CC(C)OC(=O)NCC(=O)N1CCCC1C#N. The fourth-order valence-electron chi connectivity index (χ4n) is 1.70. The Hall–Kier alpha value is -1.77. The zero-order valence-corrected chi connectivity index (χ0v) is 12.1. The molecule has 0 aliphatic carbocycles. The van der Waals surface area contributed by atoms with Gasteiger partial charge in [-0.1, -0.05) is 13.8 Å². The van der Waals surface area contributed by atoms with Crippen LogP contribution < -0.4 is 5.32 Å². The van der Waals surface area contributed by atoms with Crippen molar-refractivity contribution in [2.45, 2.75) is 52.7 Å². The van der Waals surface area contributed by atoms with Gasteiger partial charge in [0.15, 0.2) is 0 Å². The van der Waals surface area contributed by atoms with Crippen LogP contribution in [0.15, 0.2) is 0 Å². The Morgan fingerprint density at radius 2 is 2.11 bits per heavy atom. The Morgan fingerprint density at radius 3 is 2.63 bits per heavy atom. The van der Waals surface area contributed by atoms with E-state index in [1.54, 1.807) is 13.8 Å². The van der Waals surface area contributed by atoms with E-state index in [-0.39, 0.29) is 24.6 Å². The summed E-state index contributed by atoms with van der Waals surface area (Å²) in [5.41, 5.74) is 0. The quantitative estimate of drug-likeness (QED) is 0.844. The molecule has 6 heteroatoms. The Balaban J connectivity index is 0.00000154. The molecule has 1 atom stereocenters. The van der Waals surface area contributed by atoms with E-state index in [9.17, 15) is 9.59 Å². The Bertz CT molecular complexity index is 337. The molecule has 0 bridgehead atoms. The van der Waals surface area contributed by atoms with E-state index in [0.717, 1.165) is 6.42 Å². The van der Waals surface area contributed by atoms with Gasteiger partial charge in [-0.25, -0.2) is 4.79 Å². The molecule has 1 N–H and O–H groups in total. The zero-order chi connectivity index (χ0) is 14.8. The molecule has 1 saturated heterocycles. The molecule has 1 unspecified atom stereocenters. The fourth-order valence-corrected chi connectivity index (χ4v) is 1.70. The summed E-state index contributed by atoms with van der Waals surface area (Å²) < 4.78 is 4.83. The van der Waals surface area contributed by atoms with Gasteiger partial charge in [0.05, 0.1) is 12.2 Å². The van der Waals surface area contributed by atoms with E-state index >= 15 is 0 Å². The number of nitrogens with one attached hydrogen (secondary N) is 1. The second-order valence-corrected chi connectivity index (χ2v) is 4.18. The predicted octanol–water partition coefficient (Wildman–Crippen LogP) is 1.66. The number of hydrogen-bond donors (Lipinski definition) is 1. The third-order valence-corrected chi connectivity index (χ3v) is 2.45. The minimum Gasteiger partial charge on any atom is -0.447 e. The molecule has 2 amide bonds. The molecule has 0 saturated carbocycles. The van der Waals surface area contributed by atoms with E-state index in [2.05, 4.69) is 11.4 Å². The third-order valence-electron chi connectivity index (χ3n) is 2.45. The molecule has 19 heavy (non-hydrogen) atoms. The fraction of sp³-hybridized carbons (Fsp3) is 0.769. The van der Waals surface area contributed by atoms with Gasteiger partial charge in [0.1, 0.15) is 12.6 Å². The van der Waals surface area contributed by atoms with Crippen molar-refractivity contribution < 1.29 is 14.3 Å². The molecule has 108 valence electrons. The van der Waals surface area contributed by atoms with Crippen molar-refractivity contribution in [2.75, 3.05) is 13.1 Å². The van der Waals surface area contributed by atoms with Crippen molar-refractivity contribution in [3.8, 4) is 6.07 Å². The van der Waals surface area contributed by atoms with Gasteiger partial charge in [0, 0.05) is 6.54 Å². The van der Waals surface area contributed by atoms with Gasteiger partial charge in [0.2, 0.25) is 5.91 Å². The van der Waals surface area contributed by atoms with Crippen LogP contribution in [0.5, 0.6) is 0 Å². The number of carbonyl (C=O) groups excluding carboxylic acids is 2. The van der Waals surface area contributed by atoms with E-state index < -0.39 is 6.09 Å². The van der Waals surface area contributed by atoms with Crippen molar-refractivity contribution in [3.05, 3.63) is 0 Å². The van der Waals surface area contributed by atoms with Crippen LogP contribution in [0.3, 0.4) is 0 Å². The number of carbonyl (C=O) groups is 2. The molecule has 1 fully saturated rings. The highest BCUT2D eigenvalue weighted by Crippen LogP contribution is 2.15. The lowest BCUT2D eigenvalue weighted by molar-refractivity contribution is -0.130. The summed E-state index contributed by atoms with van der Waals surface area (Å²) in [5, 5.41) is 11.2. The lowest BCUT2D eigenvalue weighted by atomic mass is 10.2. The van der Waals surface area contributed by atoms with E-state index in [4.69, 9.17) is 10.00 Å². The van der Waals surface area contributed by atoms with E-state index in [1.807, 2.05) is 13.8 Å². The average Bonchev–Trinajstić information content (AvgIpc) is 2.86. The third kappa shape index (κ3) is 6.09. The minimum absolute atomic E-state index is 0.121. The largest absolute Gasteiger partial charge is 0.447 e. The van der Waals surface area contributed by atoms with Gasteiger partial charge in [-0.05, 0) is 26.7 Å². The molecule has 0 radical (unpaired) electrons. The molecule has 0 aromatic heterocycles. The summed E-state index contributed by atoms with van der Waals surface area (Å²) in [7, 11) is 0. The van der Waals surface area contributed by atoms with Crippen LogP contribution >= 0.6 is 0 Å². The van der Waals surface area contributed by atoms with Crippen molar-refractivity contribution in [2.24, 2.45) is 0 Å². The normalized spacial score (nSPS) is 17.3. The average molecular weight is 269 g/mol. The van der Waals surface area contributed by atoms with Gasteiger partial charge in [-0.3, -0.25) is 4.79 Å². The lowest BCUT2D eigenvalue weighted by Crippen LogP contribution is -2.42. The number of alkyl carbamates (subject to hydrolysis) is 1. The van der Waals surface area contributed by atoms with Crippen LogP contribution in [0.2, 0.25) is 0 Å². The molecule has 1 rings (SSSR count). The number of ether oxygens (including phenoxy) is 1. The molecule has 6 nitrogen and oxygen atoms in total. The number of amides is 2. The molecule has 0 aromatic rings. The maximum atomic E-state index is 11.7. The van der Waals surface area contributed by atoms with E-state index in [0.29, 0.717) is 13.0 Å². The number of nitrogens with zero attached hydrogens (tertiary/aromatic N) is 2.